The lowest BCUT2D eigenvalue weighted by molar-refractivity contribution is 0.392. The Morgan fingerprint density at radius 2 is 1.80 bits per heavy atom. The van der Waals surface area contributed by atoms with Crippen LogP contribution in [0.2, 0.25) is 0 Å². The molecule has 0 aliphatic rings. The Kier molecular flexibility index (Phi) is 4.86. The van der Waals surface area contributed by atoms with E-state index in [0.29, 0.717) is 11.4 Å². The predicted molar refractivity (Wildman–Crippen MR) is 95.7 cm³/mol. The standard InChI is InChI=1S/C16H15N3O4S2/c1-22-13-7-8-15(23-2)16(9-13)25(20,21)18-12-5-3-11(4-6-12)14-10-24-19-17-14/h3-10,18H,1-2H3. The highest BCUT2D eigenvalue weighted by atomic mass is 32.2. The van der Waals surface area contributed by atoms with E-state index in [9.17, 15) is 8.42 Å². The van der Waals surface area contributed by atoms with Gasteiger partial charge in [0.1, 0.15) is 22.1 Å². The minimum absolute atomic E-state index is 0.00197. The third-order valence-corrected chi connectivity index (χ3v) is 5.36. The van der Waals surface area contributed by atoms with Crippen molar-refractivity contribution in [3.63, 3.8) is 0 Å². The normalized spacial score (nSPS) is 11.1. The topological polar surface area (TPSA) is 90.4 Å². The van der Waals surface area contributed by atoms with Crippen molar-refractivity contribution in [1.82, 2.24) is 9.59 Å². The Morgan fingerprint density at radius 3 is 2.40 bits per heavy atom. The first-order valence-electron chi connectivity index (χ1n) is 7.16. The van der Waals surface area contributed by atoms with Gasteiger partial charge in [0.15, 0.2) is 0 Å². The number of nitrogens with zero attached hydrogens (tertiary/aromatic N) is 2. The molecule has 7 nitrogen and oxygen atoms in total. The minimum atomic E-state index is -3.84. The zero-order valence-electron chi connectivity index (χ0n) is 13.5. The van der Waals surface area contributed by atoms with E-state index in [0.717, 1.165) is 11.3 Å². The molecule has 1 aromatic heterocycles. The summed E-state index contributed by atoms with van der Waals surface area (Å²) in [4.78, 5) is 0.00197. The molecule has 0 saturated carbocycles. The quantitative estimate of drug-likeness (QED) is 0.710. The van der Waals surface area contributed by atoms with E-state index in [1.54, 1.807) is 36.4 Å². The number of ether oxygens (including phenoxy) is 2. The van der Waals surface area contributed by atoms with Gasteiger partial charge in [0.25, 0.3) is 10.0 Å². The van der Waals surface area contributed by atoms with E-state index in [2.05, 4.69) is 14.3 Å². The van der Waals surface area contributed by atoms with Crippen LogP contribution in [-0.2, 0) is 10.0 Å². The first kappa shape index (κ1) is 17.2. The fourth-order valence-corrected chi connectivity index (χ4v) is 3.91. The highest BCUT2D eigenvalue weighted by molar-refractivity contribution is 7.92. The molecule has 3 aromatic rings. The van der Waals surface area contributed by atoms with Crippen molar-refractivity contribution < 1.29 is 17.9 Å². The molecule has 0 unspecified atom stereocenters. The predicted octanol–water partition coefficient (Wildman–Crippen LogP) is 3.02. The first-order chi connectivity index (χ1) is 12.0. The molecule has 9 heteroatoms. The van der Waals surface area contributed by atoms with E-state index in [1.807, 2.05) is 5.38 Å². The lowest BCUT2D eigenvalue weighted by Gasteiger charge is -2.13. The van der Waals surface area contributed by atoms with Crippen molar-refractivity contribution in [3.8, 4) is 22.8 Å². The second-order valence-electron chi connectivity index (χ2n) is 4.99. The molecule has 0 atom stereocenters. The molecule has 0 spiro atoms. The Hall–Kier alpha value is -2.65. The zero-order valence-corrected chi connectivity index (χ0v) is 15.1. The highest BCUT2D eigenvalue weighted by Crippen LogP contribution is 2.30. The number of benzene rings is 2. The van der Waals surface area contributed by atoms with Crippen LogP contribution in [0.5, 0.6) is 11.5 Å². The zero-order chi connectivity index (χ0) is 17.9. The van der Waals surface area contributed by atoms with Crippen LogP contribution in [0, 0.1) is 0 Å². The van der Waals surface area contributed by atoms with Crippen molar-refractivity contribution in [3.05, 3.63) is 47.8 Å². The summed E-state index contributed by atoms with van der Waals surface area (Å²) in [5, 5.41) is 5.80. The molecule has 1 heterocycles. The van der Waals surface area contributed by atoms with Gasteiger partial charge >= 0.3 is 0 Å². The van der Waals surface area contributed by atoms with Gasteiger partial charge in [0.05, 0.1) is 14.2 Å². The highest BCUT2D eigenvalue weighted by Gasteiger charge is 2.20. The summed E-state index contributed by atoms with van der Waals surface area (Å²) in [6.45, 7) is 0. The molecular weight excluding hydrogens is 362 g/mol. The van der Waals surface area contributed by atoms with Gasteiger partial charge in [-0.2, -0.15) is 0 Å². The number of methoxy groups -OCH3 is 2. The SMILES string of the molecule is COc1ccc(OC)c(S(=O)(=O)Nc2ccc(-c3csnn3)cc2)c1. The molecule has 0 aliphatic carbocycles. The van der Waals surface area contributed by atoms with Crippen LogP contribution >= 0.6 is 11.5 Å². The van der Waals surface area contributed by atoms with Crippen LogP contribution in [0.15, 0.2) is 52.7 Å². The number of rotatable bonds is 6. The molecule has 0 saturated heterocycles. The second-order valence-corrected chi connectivity index (χ2v) is 7.25. The van der Waals surface area contributed by atoms with Gasteiger partial charge in [-0.15, -0.1) is 5.10 Å². The molecule has 0 radical (unpaired) electrons. The minimum Gasteiger partial charge on any atom is -0.497 e. The van der Waals surface area contributed by atoms with Gasteiger partial charge in [-0.05, 0) is 35.8 Å². The molecule has 1 N–H and O–H groups in total. The van der Waals surface area contributed by atoms with Crippen LogP contribution in [0.3, 0.4) is 0 Å². The maximum atomic E-state index is 12.7. The number of anilines is 1. The van der Waals surface area contributed by atoms with Crippen LogP contribution < -0.4 is 14.2 Å². The van der Waals surface area contributed by atoms with Crippen molar-refractivity contribution in [2.75, 3.05) is 18.9 Å². The summed E-state index contributed by atoms with van der Waals surface area (Å²) in [6.07, 6.45) is 0. The van der Waals surface area contributed by atoms with Crippen LogP contribution in [-0.4, -0.2) is 32.2 Å². The van der Waals surface area contributed by atoms with Gasteiger partial charge < -0.3 is 9.47 Å². The third-order valence-electron chi connectivity index (χ3n) is 3.45. The van der Waals surface area contributed by atoms with Crippen LogP contribution in [0.1, 0.15) is 0 Å². The van der Waals surface area contributed by atoms with Gasteiger partial charge in [-0.1, -0.05) is 16.6 Å². The molecule has 2 aromatic carbocycles. The molecular formula is C16H15N3O4S2. The summed E-state index contributed by atoms with van der Waals surface area (Å²) >= 11 is 1.26. The van der Waals surface area contributed by atoms with Crippen molar-refractivity contribution in [1.29, 1.82) is 0 Å². The van der Waals surface area contributed by atoms with Crippen molar-refractivity contribution in [2.45, 2.75) is 4.90 Å². The van der Waals surface area contributed by atoms with Gasteiger partial charge in [-0.3, -0.25) is 4.72 Å². The number of nitrogens with one attached hydrogen (secondary N) is 1. The molecule has 3 rings (SSSR count). The summed E-state index contributed by atoms with van der Waals surface area (Å²) in [5.41, 5.74) is 2.03. The average molecular weight is 377 g/mol. The van der Waals surface area contributed by atoms with E-state index in [1.165, 1.54) is 31.8 Å². The lowest BCUT2D eigenvalue weighted by atomic mass is 10.2. The molecule has 0 aliphatic heterocycles. The van der Waals surface area contributed by atoms with E-state index >= 15 is 0 Å². The summed E-state index contributed by atoms with van der Waals surface area (Å²) in [7, 11) is -0.952. The number of sulfonamides is 1. The van der Waals surface area contributed by atoms with Gasteiger partial charge in [0, 0.05) is 22.7 Å². The van der Waals surface area contributed by atoms with Crippen molar-refractivity contribution in [2.24, 2.45) is 0 Å². The Balaban J connectivity index is 1.89. The molecule has 25 heavy (non-hydrogen) atoms. The maximum absolute atomic E-state index is 12.7. The maximum Gasteiger partial charge on any atom is 0.265 e. The van der Waals surface area contributed by atoms with Crippen LogP contribution in [0.25, 0.3) is 11.3 Å². The Morgan fingerprint density at radius 1 is 1.04 bits per heavy atom. The largest absolute Gasteiger partial charge is 0.497 e. The number of aromatic nitrogens is 2. The monoisotopic (exact) mass is 377 g/mol. The summed E-state index contributed by atoms with van der Waals surface area (Å²) in [5.74, 6) is 0.658. The Labute approximate surface area is 149 Å². The summed E-state index contributed by atoms with van der Waals surface area (Å²) < 4.78 is 42.0. The smallest absolute Gasteiger partial charge is 0.265 e. The Bertz CT molecular complexity index is 956. The van der Waals surface area contributed by atoms with E-state index < -0.39 is 10.0 Å². The fourth-order valence-electron chi connectivity index (χ4n) is 2.20. The lowest BCUT2D eigenvalue weighted by Crippen LogP contribution is -2.14. The van der Waals surface area contributed by atoms with Gasteiger partial charge in [0.2, 0.25) is 0 Å². The molecule has 0 amide bonds. The fraction of sp³-hybridized carbons (Fsp3) is 0.125. The average Bonchev–Trinajstić information content (AvgIpc) is 3.16. The number of hydrogen-bond acceptors (Lipinski definition) is 7. The van der Waals surface area contributed by atoms with Crippen molar-refractivity contribution >= 4 is 27.2 Å². The second kappa shape index (κ2) is 7.08. The van der Waals surface area contributed by atoms with E-state index in [-0.39, 0.29) is 10.6 Å². The van der Waals surface area contributed by atoms with E-state index in [4.69, 9.17) is 9.47 Å². The van der Waals surface area contributed by atoms with Gasteiger partial charge in [-0.25, -0.2) is 8.42 Å². The third kappa shape index (κ3) is 3.72. The molecule has 0 fully saturated rings. The van der Waals surface area contributed by atoms with Crippen LogP contribution in [0.4, 0.5) is 5.69 Å². The number of hydrogen-bond donors (Lipinski definition) is 1. The molecule has 0 bridgehead atoms. The molecule has 130 valence electrons. The summed E-state index contributed by atoms with van der Waals surface area (Å²) in [6, 6.07) is 11.5. The first-order valence-corrected chi connectivity index (χ1v) is 9.48.